The van der Waals surface area contributed by atoms with E-state index < -0.39 is 11.7 Å². The number of benzene rings is 1. The van der Waals surface area contributed by atoms with Crippen molar-refractivity contribution in [2.45, 2.75) is 33.4 Å². The molecule has 1 saturated heterocycles. The van der Waals surface area contributed by atoms with Gasteiger partial charge >= 0.3 is 6.18 Å². The molecule has 2 amide bonds. The second-order valence-corrected chi connectivity index (χ2v) is 9.95. The van der Waals surface area contributed by atoms with Gasteiger partial charge < -0.3 is 14.5 Å². The van der Waals surface area contributed by atoms with Crippen LogP contribution in [0.25, 0.3) is 10.9 Å². The first-order chi connectivity index (χ1) is 16.9. The Kier molecular flexibility index (Phi) is 6.88. The Balaban J connectivity index is 1.40. The maximum atomic E-state index is 13.0. The molecule has 0 spiro atoms. The van der Waals surface area contributed by atoms with Gasteiger partial charge in [0.1, 0.15) is 11.4 Å². The fraction of sp³-hybridized carbons (Fsp3) is 0.385. The number of nitrogens with zero attached hydrogens (tertiary/aromatic N) is 4. The van der Waals surface area contributed by atoms with E-state index in [0.717, 1.165) is 18.3 Å². The first kappa shape index (κ1) is 25.4. The van der Waals surface area contributed by atoms with E-state index in [1.54, 1.807) is 40.1 Å². The highest BCUT2D eigenvalue weighted by Crippen LogP contribution is 2.30. The SMILES string of the molecule is CC(C)(C)CC(=O)N1CCN(C(=O)c2ccc3cc(Oc4ccc(C(F)(F)F)cn4)ccc3n2)CC1. The lowest BCUT2D eigenvalue weighted by Gasteiger charge is -2.35. The van der Waals surface area contributed by atoms with Crippen molar-refractivity contribution >= 4 is 22.7 Å². The molecule has 7 nitrogen and oxygen atoms in total. The fourth-order valence-corrected chi connectivity index (χ4v) is 3.90. The molecule has 1 aromatic carbocycles. The van der Waals surface area contributed by atoms with Crippen molar-refractivity contribution in [1.82, 2.24) is 19.8 Å². The van der Waals surface area contributed by atoms with Gasteiger partial charge in [-0.2, -0.15) is 13.2 Å². The molecule has 10 heteroatoms. The molecular weight excluding hydrogens is 473 g/mol. The van der Waals surface area contributed by atoms with Crippen molar-refractivity contribution in [2.75, 3.05) is 26.2 Å². The third kappa shape index (κ3) is 6.10. The van der Waals surface area contributed by atoms with Gasteiger partial charge in [-0.05, 0) is 35.7 Å². The van der Waals surface area contributed by atoms with Gasteiger partial charge in [-0.3, -0.25) is 9.59 Å². The summed E-state index contributed by atoms with van der Waals surface area (Å²) in [7, 11) is 0. The molecule has 0 unspecified atom stereocenters. The van der Waals surface area contributed by atoms with E-state index in [4.69, 9.17) is 4.74 Å². The maximum absolute atomic E-state index is 13.0. The van der Waals surface area contributed by atoms with Gasteiger partial charge in [0.05, 0.1) is 11.1 Å². The summed E-state index contributed by atoms with van der Waals surface area (Å²) in [6.07, 6.45) is -3.28. The Hall–Kier alpha value is -3.69. The molecule has 190 valence electrons. The average molecular weight is 501 g/mol. The van der Waals surface area contributed by atoms with E-state index >= 15 is 0 Å². The number of ether oxygens (including phenoxy) is 1. The summed E-state index contributed by atoms with van der Waals surface area (Å²) in [5.41, 5.74) is -0.0617. The Morgan fingerprint density at radius 1 is 0.944 bits per heavy atom. The van der Waals surface area contributed by atoms with E-state index in [0.29, 0.717) is 54.9 Å². The van der Waals surface area contributed by atoms with Gasteiger partial charge in [-0.15, -0.1) is 0 Å². The van der Waals surface area contributed by atoms with Crippen LogP contribution in [0.3, 0.4) is 0 Å². The van der Waals surface area contributed by atoms with Gasteiger partial charge in [-0.1, -0.05) is 26.8 Å². The minimum Gasteiger partial charge on any atom is -0.439 e. The monoisotopic (exact) mass is 500 g/mol. The minimum absolute atomic E-state index is 0.0298. The number of rotatable bonds is 4. The number of carbonyl (C=O) groups excluding carboxylic acids is 2. The highest BCUT2D eigenvalue weighted by atomic mass is 19.4. The molecular formula is C26H27F3N4O3. The smallest absolute Gasteiger partial charge is 0.417 e. The number of pyridine rings is 2. The summed E-state index contributed by atoms with van der Waals surface area (Å²) in [4.78, 5) is 37.1. The second kappa shape index (κ2) is 9.75. The minimum atomic E-state index is -4.47. The van der Waals surface area contributed by atoms with Crippen molar-refractivity contribution in [3.05, 3.63) is 59.9 Å². The first-order valence-corrected chi connectivity index (χ1v) is 11.6. The van der Waals surface area contributed by atoms with E-state index in [2.05, 4.69) is 9.97 Å². The van der Waals surface area contributed by atoms with E-state index in [-0.39, 0.29) is 23.1 Å². The zero-order chi connectivity index (χ0) is 26.1. The quantitative estimate of drug-likeness (QED) is 0.495. The van der Waals surface area contributed by atoms with Crippen molar-refractivity contribution < 1.29 is 27.5 Å². The number of carbonyl (C=O) groups is 2. The lowest BCUT2D eigenvalue weighted by Crippen LogP contribution is -2.51. The maximum Gasteiger partial charge on any atom is 0.417 e. The summed E-state index contributed by atoms with van der Waals surface area (Å²) in [5.74, 6) is 0.311. The van der Waals surface area contributed by atoms with Crippen LogP contribution in [0.5, 0.6) is 11.6 Å². The molecule has 4 rings (SSSR count). The highest BCUT2D eigenvalue weighted by molar-refractivity contribution is 5.95. The zero-order valence-corrected chi connectivity index (χ0v) is 20.3. The van der Waals surface area contributed by atoms with E-state index in [1.807, 2.05) is 20.8 Å². The molecule has 0 N–H and O–H groups in total. The van der Waals surface area contributed by atoms with Crippen LogP contribution in [-0.2, 0) is 11.0 Å². The molecule has 1 aliphatic rings. The summed E-state index contributed by atoms with van der Waals surface area (Å²) in [6, 6.07) is 10.4. The average Bonchev–Trinajstić information content (AvgIpc) is 2.82. The zero-order valence-electron chi connectivity index (χ0n) is 20.3. The molecule has 0 saturated carbocycles. The van der Waals surface area contributed by atoms with Gasteiger partial charge in [0.15, 0.2) is 0 Å². The molecule has 3 heterocycles. The summed E-state index contributed by atoms with van der Waals surface area (Å²) in [6.45, 7) is 7.95. The third-order valence-corrected chi connectivity index (χ3v) is 5.77. The Morgan fingerprint density at radius 2 is 1.64 bits per heavy atom. The summed E-state index contributed by atoms with van der Waals surface area (Å²) in [5, 5.41) is 0.702. The van der Waals surface area contributed by atoms with Gasteiger partial charge in [0, 0.05) is 50.2 Å². The lowest BCUT2D eigenvalue weighted by molar-refractivity contribution is -0.138. The van der Waals surface area contributed by atoms with Gasteiger partial charge in [0.25, 0.3) is 5.91 Å². The number of halogens is 3. The topological polar surface area (TPSA) is 75.6 Å². The van der Waals surface area contributed by atoms with Crippen LogP contribution in [0, 0.1) is 5.41 Å². The fourth-order valence-electron chi connectivity index (χ4n) is 3.90. The Labute approximate surface area is 206 Å². The number of amides is 2. The summed E-state index contributed by atoms with van der Waals surface area (Å²) >= 11 is 0. The molecule has 0 radical (unpaired) electrons. The Bertz CT molecular complexity index is 1260. The molecule has 3 aromatic rings. The van der Waals surface area contributed by atoms with Crippen molar-refractivity contribution in [2.24, 2.45) is 5.41 Å². The molecule has 0 bridgehead atoms. The number of hydrogen-bond acceptors (Lipinski definition) is 5. The van der Waals surface area contributed by atoms with Crippen LogP contribution in [0.2, 0.25) is 0 Å². The third-order valence-electron chi connectivity index (χ3n) is 5.77. The predicted octanol–water partition coefficient (Wildman–Crippen LogP) is 5.16. The standard InChI is InChI=1S/C26H27F3N4O3/c1-25(2,3)15-23(34)32-10-12-33(13-11-32)24(35)21-7-4-17-14-19(6-8-20(17)31-21)36-22-9-5-18(16-30-22)26(27,28)29/h4-9,14,16H,10-13,15H2,1-3H3. The number of aromatic nitrogens is 2. The number of fused-ring (bicyclic) bond motifs is 1. The molecule has 2 aromatic heterocycles. The van der Waals surface area contributed by atoms with Crippen LogP contribution in [-0.4, -0.2) is 57.8 Å². The second-order valence-electron chi connectivity index (χ2n) is 9.95. The van der Waals surface area contributed by atoms with Crippen molar-refractivity contribution in [3.8, 4) is 11.6 Å². The molecule has 36 heavy (non-hydrogen) atoms. The molecule has 0 aliphatic carbocycles. The van der Waals surface area contributed by atoms with Crippen LogP contribution in [0.4, 0.5) is 13.2 Å². The molecule has 0 atom stereocenters. The van der Waals surface area contributed by atoms with Gasteiger partial charge in [-0.25, -0.2) is 9.97 Å². The largest absolute Gasteiger partial charge is 0.439 e. The number of piperazine rings is 1. The molecule has 1 fully saturated rings. The van der Waals surface area contributed by atoms with Crippen LogP contribution in [0.15, 0.2) is 48.7 Å². The normalized spacial score (nSPS) is 14.7. The van der Waals surface area contributed by atoms with Gasteiger partial charge in [0.2, 0.25) is 11.8 Å². The first-order valence-electron chi connectivity index (χ1n) is 11.6. The number of hydrogen-bond donors (Lipinski definition) is 0. The van der Waals surface area contributed by atoms with Crippen LogP contribution >= 0.6 is 0 Å². The van der Waals surface area contributed by atoms with Crippen molar-refractivity contribution in [3.63, 3.8) is 0 Å². The van der Waals surface area contributed by atoms with E-state index in [1.165, 1.54) is 0 Å². The van der Waals surface area contributed by atoms with E-state index in [9.17, 15) is 22.8 Å². The predicted molar refractivity (Wildman–Crippen MR) is 128 cm³/mol. The Morgan fingerprint density at radius 3 is 2.25 bits per heavy atom. The number of alkyl halides is 3. The van der Waals surface area contributed by atoms with Crippen LogP contribution in [0.1, 0.15) is 43.2 Å². The molecule has 1 aliphatic heterocycles. The highest BCUT2D eigenvalue weighted by Gasteiger charge is 2.31. The lowest BCUT2D eigenvalue weighted by atomic mass is 9.91. The van der Waals surface area contributed by atoms with Crippen LogP contribution < -0.4 is 4.74 Å². The summed E-state index contributed by atoms with van der Waals surface area (Å²) < 4.78 is 43.7. The van der Waals surface area contributed by atoms with Crippen molar-refractivity contribution in [1.29, 1.82) is 0 Å².